The Morgan fingerprint density at radius 3 is 3.05 bits per heavy atom. The molecule has 6 heteroatoms. The summed E-state index contributed by atoms with van der Waals surface area (Å²) in [6.07, 6.45) is 1.36. The van der Waals surface area contributed by atoms with Gasteiger partial charge >= 0.3 is 5.97 Å². The van der Waals surface area contributed by atoms with Crippen LogP contribution in [-0.4, -0.2) is 54.8 Å². The van der Waals surface area contributed by atoms with E-state index in [4.69, 9.17) is 9.47 Å². The summed E-state index contributed by atoms with van der Waals surface area (Å²) in [7, 11) is 0. The van der Waals surface area contributed by atoms with Crippen molar-refractivity contribution in [3.8, 4) is 0 Å². The van der Waals surface area contributed by atoms with Crippen molar-refractivity contribution < 1.29 is 19.1 Å². The highest BCUT2D eigenvalue weighted by molar-refractivity contribution is 5.83. The van der Waals surface area contributed by atoms with E-state index in [9.17, 15) is 9.59 Å². The Hall–Kier alpha value is -1.14. The normalized spacial score (nSPS) is 40.5. The molecule has 3 aliphatic rings. The largest absolute Gasteiger partial charge is 0.439 e. The van der Waals surface area contributed by atoms with Crippen molar-refractivity contribution in [3.05, 3.63) is 0 Å². The van der Waals surface area contributed by atoms with Gasteiger partial charge in [-0.15, -0.1) is 0 Å². The van der Waals surface area contributed by atoms with E-state index in [1.807, 2.05) is 6.92 Å². The van der Waals surface area contributed by atoms with Crippen LogP contribution in [0.3, 0.4) is 0 Å². The maximum absolute atomic E-state index is 12.2. The van der Waals surface area contributed by atoms with Crippen molar-refractivity contribution in [1.82, 2.24) is 10.2 Å². The zero-order valence-corrected chi connectivity index (χ0v) is 11.1. The van der Waals surface area contributed by atoms with Crippen LogP contribution in [0.5, 0.6) is 0 Å². The Kier molecular flexibility index (Phi) is 3.45. The van der Waals surface area contributed by atoms with Gasteiger partial charge in [-0.2, -0.15) is 0 Å². The van der Waals surface area contributed by atoms with Gasteiger partial charge in [-0.05, 0) is 32.2 Å². The van der Waals surface area contributed by atoms with Crippen molar-refractivity contribution in [3.63, 3.8) is 0 Å². The molecule has 0 radical (unpaired) electrons. The lowest BCUT2D eigenvalue weighted by Crippen LogP contribution is -2.50. The Morgan fingerprint density at radius 2 is 2.42 bits per heavy atom. The Balaban J connectivity index is 1.58. The molecule has 3 rings (SSSR count). The maximum Gasteiger partial charge on any atom is 0.310 e. The number of fused-ring (bicyclic) bond motifs is 2. The number of nitrogens with one attached hydrogen (secondary N) is 1. The van der Waals surface area contributed by atoms with Crippen molar-refractivity contribution in [2.75, 3.05) is 19.7 Å². The third-order valence-corrected chi connectivity index (χ3v) is 4.25. The monoisotopic (exact) mass is 268 g/mol. The number of cyclic esters (lactones) is 1. The predicted octanol–water partition coefficient (Wildman–Crippen LogP) is -0.125. The fraction of sp³-hybridized carbons (Fsp3) is 0.846. The predicted molar refractivity (Wildman–Crippen MR) is 66.1 cm³/mol. The first kappa shape index (κ1) is 12.9. The van der Waals surface area contributed by atoms with Crippen molar-refractivity contribution >= 4 is 11.9 Å². The molecule has 3 fully saturated rings. The summed E-state index contributed by atoms with van der Waals surface area (Å²) in [4.78, 5) is 25.8. The van der Waals surface area contributed by atoms with Crippen LogP contribution in [-0.2, 0) is 19.1 Å². The lowest BCUT2D eigenvalue weighted by atomic mass is 10.00. The molecular weight excluding hydrogens is 248 g/mol. The molecule has 3 saturated heterocycles. The van der Waals surface area contributed by atoms with Gasteiger partial charge in [0.2, 0.25) is 12.1 Å². The molecule has 1 amide bonds. The van der Waals surface area contributed by atoms with Crippen LogP contribution in [0.25, 0.3) is 0 Å². The fourth-order valence-electron chi connectivity index (χ4n) is 3.33. The first-order chi connectivity index (χ1) is 9.17. The minimum absolute atomic E-state index is 0.0356. The van der Waals surface area contributed by atoms with E-state index in [0.29, 0.717) is 12.5 Å². The number of carbonyl (C=O) groups excluding carboxylic acids is 2. The molecule has 0 aromatic carbocycles. The fourth-order valence-corrected chi connectivity index (χ4v) is 3.33. The van der Waals surface area contributed by atoms with E-state index in [0.717, 1.165) is 19.5 Å². The van der Waals surface area contributed by atoms with Gasteiger partial charge in [0.1, 0.15) is 6.10 Å². The molecule has 1 N–H and O–H groups in total. The van der Waals surface area contributed by atoms with Crippen LogP contribution in [0.2, 0.25) is 0 Å². The summed E-state index contributed by atoms with van der Waals surface area (Å²) >= 11 is 0. The number of nitrogens with zero attached hydrogens (tertiary/aromatic N) is 1. The molecule has 106 valence electrons. The van der Waals surface area contributed by atoms with E-state index in [2.05, 4.69) is 10.2 Å². The minimum atomic E-state index is -0.625. The molecule has 6 nitrogen and oxygen atoms in total. The van der Waals surface area contributed by atoms with Gasteiger partial charge in [0.05, 0.1) is 12.5 Å². The molecule has 0 aromatic rings. The van der Waals surface area contributed by atoms with Crippen LogP contribution in [0.1, 0.15) is 26.2 Å². The van der Waals surface area contributed by atoms with Crippen molar-refractivity contribution in [2.45, 2.75) is 44.6 Å². The van der Waals surface area contributed by atoms with E-state index in [-0.39, 0.29) is 30.4 Å². The van der Waals surface area contributed by atoms with Gasteiger partial charge < -0.3 is 14.8 Å². The van der Waals surface area contributed by atoms with Crippen molar-refractivity contribution in [1.29, 1.82) is 0 Å². The SMILES string of the molecule is CCO[C@H]1CC(=O)O[C@H]1NC(=O)C1CC2CCN1C2. The summed E-state index contributed by atoms with van der Waals surface area (Å²) in [6.45, 7) is 4.40. The summed E-state index contributed by atoms with van der Waals surface area (Å²) in [5, 5.41) is 2.82. The standard InChI is InChI=1S/C13H20N2O4/c1-2-18-10-6-11(16)19-13(10)14-12(17)9-5-8-3-4-15(9)7-8/h8-10,13H,2-7H2,1H3,(H,14,17)/t8?,9?,10-,13+/m0/s1. The summed E-state index contributed by atoms with van der Waals surface area (Å²) in [5.41, 5.74) is 0. The second kappa shape index (κ2) is 5.09. The second-order valence-electron chi connectivity index (χ2n) is 5.52. The van der Waals surface area contributed by atoms with E-state index in [1.54, 1.807) is 0 Å². The lowest BCUT2D eigenvalue weighted by molar-refractivity contribution is -0.146. The first-order valence-electron chi connectivity index (χ1n) is 7.03. The molecule has 0 saturated carbocycles. The number of rotatable bonds is 4. The molecule has 0 aromatic heterocycles. The number of esters is 1. The van der Waals surface area contributed by atoms with Gasteiger partial charge in [0, 0.05) is 13.2 Å². The molecule has 19 heavy (non-hydrogen) atoms. The highest BCUT2D eigenvalue weighted by atomic mass is 16.6. The highest BCUT2D eigenvalue weighted by Gasteiger charge is 2.43. The number of piperidine rings is 1. The average molecular weight is 268 g/mol. The number of hydrogen-bond acceptors (Lipinski definition) is 5. The molecular formula is C13H20N2O4. The molecule has 3 unspecified atom stereocenters. The first-order valence-corrected chi connectivity index (χ1v) is 7.03. The van der Waals surface area contributed by atoms with Crippen LogP contribution in [0.4, 0.5) is 0 Å². The van der Waals surface area contributed by atoms with Gasteiger partial charge in [0.15, 0.2) is 0 Å². The van der Waals surface area contributed by atoms with Gasteiger partial charge in [0.25, 0.3) is 0 Å². The Bertz CT molecular complexity index is 387. The number of carbonyl (C=O) groups is 2. The molecule has 0 aliphatic carbocycles. The smallest absolute Gasteiger partial charge is 0.310 e. The van der Waals surface area contributed by atoms with Crippen LogP contribution in [0, 0.1) is 5.92 Å². The van der Waals surface area contributed by atoms with Crippen molar-refractivity contribution in [2.24, 2.45) is 5.92 Å². The number of hydrogen-bond donors (Lipinski definition) is 1. The zero-order chi connectivity index (χ0) is 13.4. The summed E-state index contributed by atoms with van der Waals surface area (Å²) in [5.74, 6) is 0.313. The topological polar surface area (TPSA) is 67.9 Å². The van der Waals surface area contributed by atoms with Gasteiger partial charge in [-0.3, -0.25) is 14.5 Å². The van der Waals surface area contributed by atoms with E-state index in [1.165, 1.54) is 6.42 Å². The minimum Gasteiger partial charge on any atom is -0.439 e. The Labute approximate surface area is 112 Å². The highest BCUT2D eigenvalue weighted by Crippen LogP contribution is 2.33. The second-order valence-corrected chi connectivity index (χ2v) is 5.52. The van der Waals surface area contributed by atoms with Crippen LogP contribution >= 0.6 is 0 Å². The number of ether oxygens (including phenoxy) is 2. The third kappa shape index (κ3) is 2.47. The summed E-state index contributed by atoms with van der Waals surface area (Å²) < 4.78 is 10.6. The molecule has 0 spiro atoms. The molecule has 3 aliphatic heterocycles. The molecule has 5 atom stereocenters. The zero-order valence-electron chi connectivity index (χ0n) is 11.1. The maximum atomic E-state index is 12.2. The Morgan fingerprint density at radius 1 is 1.58 bits per heavy atom. The van der Waals surface area contributed by atoms with Crippen LogP contribution in [0.15, 0.2) is 0 Å². The van der Waals surface area contributed by atoms with E-state index < -0.39 is 6.23 Å². The van der Waals surface area contributed by atoms with E-state index >= 15 is 0 Å². The number of amides is 1. The third-order valence-electron chi connectivity index (χ3n) is 4.25. The average Bonchev–Trinajstić information content (AvgIpc) is 3.06. The lowest BCUT2D eigenvalue weighted by Gasteiger charge is -2.26. The van der Waals surface area contributed by atoms with Crippen LogP contribution < -0.4 is 5.32 Å². The molecule has 2 bridgehead atoms. The van der Waals surface area contributed by atoms with Gasteiger partial charge in [-0.1, -0.05) is 0 Å². The molecule has 3 heterocycles. The quantitative estimate of drug-likeness (QED) is 0.720. The van der Waals surface area contributed by atoms with Gasteiger partial charge in [-0.25, -0.2) is 0 Å². The summed E-state index contributed by atoms with van der Waals surface area (Å²) in [6, 6.07) is -0.0553.